The van der Waals surface area contributed by atoms with E-state index >= 15 is 0 Å². The van der Waals surface area contributed by atoms with Crippen LogP contribution in [-0.4, -0.2) is 53.1 Å². The minimum absolute atomic E-state index is 0.0446. The number of rotatable bonds is 4. The number of carbonyl (C=O) groups excluding carboxylic acids is 1. The van der Waals surface area contributed by atoms with Gasteiger partial charge < -0.3 is 25.6 Å². The average Bonchev–Trinajstić information content (AvgIpc) is 2.87. The Hall–Kier alpha value is -1.34. The lowest BCUT2D eigenvalue weighted by Crippen LogP contribution is -2.52. The molecule has 0 aromatic heterocycles. The number of carbonyl (C=O) groups is 2. The molecule has 2 fully saturated rings. The van der Waals surface area contributed by atoms with Gasteiger partial charge in [-0.2, -0.15) is 0 Å². The normalized spacial score (nSPS) is 32.2. The van der Waals surface area contributed by atoms with Gasteiger partial charge in [0.05, 0.1) is 24.9 Å². The molecule has 4 atom stereocenters. The molecule has 0 aromatic carbocycles. The first-order valence-corrected chi connectivity index (χ1v) is 5.66. The van der Waals surface area contributed by atoms with Crippen LogP contribution in [0.25, 0.3) is 0 Å². The topological polar surface area (TPSA) is 108 Å². The van der Waals surface area contributed by atoms with Crippen molar-refractivity contribution in [3.05, 3.63) is 0 Å². The number of hydrogen-bond acceptors (Lipinski definition) is 4. The molecule has 0 spiro atoms. The lowest BCUT2D eigenvalue weighted by atomic mass is 9.96. The van der Waals surface area contributed by atoms with E-state index in [1.54, 1.807) is 0 Å². The van der Waals surface area contributed by atoms with Crippen molar-refractivity contribution in [3.8, 4) is 0 Å². The number of ether oxygens (including phenoxy) is 1. The molecule has 2 saturated heterocycles. The first-order chi connectivity index (χ1) is 8.10. The van der Waals surface area contributed by atoms with Crippen LogP contribution in [0.1, 0.15) is 19.3 Å². The van der Waals surface area contributed by atoms with Crippen molar-refractivity contribution in [2.75, 3.05) is 6.61 Å². The third kappa shape index (κ3) is 2.67. The molecule has 2 amide bonds. The summed E-state index contributed by atoms with van der Waals surface area (Å²) in [6.07, 6.45) is 2.99. The molecule has 7 nitrogen and oxygen atoms in total. The Kier molecular flexibility index (Phi) is 3.49. The SMILES string of the molecule is O=C(NC(CO)C(=O)O)NC1CC2CCC1O2. The highest BCUT2D eigenvalue weighted by Gasteiger charge is 2.41. The van der Waals surface area contributed by atoms with Crippen LogP contribution in [0.2, 0.25) is 0 Å². The zero-order valence-electron chi connectivity index (χ0n) is 9.26. The van der Waals surface area contributed by atoms with E-state index in [-0.39, 0.29) is 18.2 Å². The van der Waals surface area contributed by atoms with Crippen molar-refractivity contribution in [1.29, 1.82) is 0 Å². The minimum atomic E-state index is -1.27. The van der Waals surface area contributed by atoms with Gasteiger partial charge in [0.2, 0.25) is 0 Å². The maximum atomic E-state index is 11.5. The first-order valence-electron chi connectivity index (χ1n) is 5.66. The average molecular weight is 244 g/mol. The summed E-state index contributed by atoms with van der Waals surface area (Å²) in [5.74, 6) is -1.26. The molecule has 4 N–H and O–H groups in total. The number of nitrogens with one attached hydrogen (secondary N) is 2. The number of urea groups is 1. The molecular formula is C10H16N2O5. The van der Waals surface area contributed by atoms with Gasteiger partial charge in [-0.3, -0.25) is 0 Å². The molecule has 2 rings (SSSR count). The number of carboxylic acids is 1. The van der Waals surface area contributed by atoms with Crippen molar-refractivity contribution in [2.45, 2.75) is 43.6 Å². The van der Waals surface area contributed by atoms with Gasteiger partial charge in [0, 0.05) is 0 Å². The molecule has 0 radical (unpaired) electrons. The Morgan fingerprint density at radius 3 is 2.65 bits per heavy atom. The number of carboxylic acid groups (broad SMARTS) is 1. The molecule has 0 saturated carbocycles. The quantitative estimate of drug-likeness (QED) is 0.510. The fourth-order valence-electron chi connectivity index (χ4n) is 2.34. The van der Waals surface area contributed by atoms with E-state index in [1.165, 1.54) is 0 Å². The zero-order chi connectivity index (χ0) is 12.4. The van der Waals surface area contributed by atoms with Gasteiger partial charge in [-0.05, 0) is 19.3 Å². The maximum absolute atomic E-state index is 11.5. The van der Waals surface area contributed by atoms with Crippen LogP contribution in [0, 0.1) is 0 Å². The summed E-state index contributed by atoms with van der Waals surface area (Å²) in [6.45, 7) is -0.629. The monoisotopic (exact) mass is 244 g/mol. The van der Waals surface area contributed by atoms with Crippen LogP contribution in [0.15, 0.2) is 0 Å². The minimum Gasteiger partial charge on any atom is -0.480 e. The summed E-state index contributed by atoms with van der Waals surface area (Å²) in [4.78, 5) is 22.1. The summed E-state index contributed by atoms with van der Waals surface area (Å²) in [5, 5.41) is 22.3. The number of fused-ring (bicyclic) bond motifs is 2. The third-order valence-corrected chi connectivity index (χ3v) is 3.21. The molecule has 2 aliphatic heterocycles. The number of aliphatic hydroxyl groups excluding tert-OH is 1. The van der Waals surface area contributed by atoms with Gasteiger partial charge in [0.25, 0.3) is 0 Å². The van der Waals surface area contributed by atoms with Crippen molar-refractivity contribution in [1.82, 2.24) is 10.6 Å². The predicted molar refractivity (Wildman–Crippen MR) is 56.5 cm³/mol. The first kappa shape index (κ1) is 12.1. The molecular weight excluding hydrogens is 228 g/mol. The van der Waals surface area contributed by atoms with E-state index in [0.29, 0.717) is 0 Å². The number of hydrogen-bond donors (Lipinski definition) is 4. The number of aliphatic hydroxyl groups is 1. The second-order valence-electron chi connectivity index (χ2n) is 4.41. The largest absolute Gasteiger partial charge is 0.480 e. The van der Waals surface area contributed by atoms with E-state index in [1.807, 2.05) is 0 Å². The third-order valence-electron chi connectivity index (χ3n) is 3.21. The van der Waals surface area contributed by atoms with Crippen LogP contribution in [0.4, 0.5) is 4.79 Å². The Bertz CT molecular complexity index is 322. The van der Waals surface area contributed by atoms with Crippen LogP contribution in [0.3, 0.4) is 0 Å². The molecule has 2 heterocycles. The van der Waals surface area contributed by atoms with E-state index in [2.05, 4.69) is 10.6 Å². The zero-order valence-corrected chi connectivity index (χ0v) is 9.26. The van der Waals surface area contributed by atoms with Crippen molar-refractivity contribution in [3.63, 3.8) is 0 Å². The molecule has 2 aliphatic rings. The highest BCUT2D eigenvalue weighted by molar-refractivity contribution is 5.82. The van der Waals surface area contributed by atoms with Crippen molar-refractivity contribution < 1.29 is 24.5 Å². The van der Waals surface area contributed by atoms with Crippen LogP contribution >= 0.6 is 0 Å². The highest BCUT2D eigenvalue weighted by Crippen LogP contribution is 2.34. The molecule has 0 aliphatic carbocycles. The smallest absolute Gasteiger partial charge is 0.328 e. The second kappa shape index (κ2) is 4.89. The van der Waals surface area contributed by atoms with Gasteiger partial charge in [0.15, 0.2) is 6.04 Å². The second-order valence-corrected chi connectivity index (χ2v) is 4.41. The van der Waals surface area contributed by atoms with E-state index in [9.17, 15) is 9.59 Å². The standard InChI is InChI=1S/C10H16N2O5/c13-4-7(9(14)15)12-10(16)11-6-3-5-1-2-8(6)17-5/h5-8,13H,1-4H2,(H,14,15)(H2,11,12,16). The fraction of sp³-hybridized carbons (Fsp3) is 0.800. The predicted octanol–water partition coefficient (Wildman–Crippen LogP) is -0.949. The fourth-order valence-corrected chi connectivity index (χ4v) is 2.34. The summed E-state index contributed by atoms with van der Waals surface area (Å²) < 4.78 is 5.56. The summed E-state index contributed by atoms with van der Waals surface area (Å²) >= 11 is 0. The van der Waals surface area contributed by atoms with Crippen LogP contribution < -0.4 is 10.6 Å². The van der Waals surface area contributed by atoms with Gasteiger partial charge in [-0.25, -0.2) is 9.59 Å². The van der Waals surface area contributed by atoms with E-state index in [0.717, 1.165) is 19.3 Å². The number of aliphatic carboxylic acids is 1. The van der Waals surface area contributed by atoms with Crippen molar-refractivity contribution >= 4 is 12.0 Å². The molecule has 7 heteroatoms. The lowest BCUT2D eigenvalue weighted by Gasteiger charge is -2.21. The summed E-state index contributed by atoms with van der Waals surface area (Å²) in [5.41, 5.74) is 0. The van der Waals surface area contributed by atoms with E-state index in [4.69, 9.17) is 14.9 Å². The maximum Gasteiger partial charge on any atom is 0.328 e. The number of amides is 2. The molecule has 2 bridgehead atoms. The van der Waals surface area contributed by atoms with E-state index < -0.39 is 24.6 Å². The molecule has 17 heavy (non-hydrogen) atoms. The Morgan fingerprint density at radius 1 is 1.41 bits per heavy atom. The van der Waals surface area contributed by atoms with Gasteiger partial charge in [-0.1, -0.05) is 0 Å². The molecule has 96 valence electrons. The Balaban J connectivity index is 1.79. The van der Waals surface area contributed by atoms with Crippen LogP contribution in [-0.2, 0) is 9.53 Å². The van der Waals surface area contributed by atoms with Crippen molar-refractivity contribution in [2.24, 2.45) is 0 Å². The summed E-state index contributed by atoms with van der Waals surface area (Å²) in [7, 11) is 0. The van der Waals surface area contributed by atoms with Gasteiger partial charge >= 0.3 is 12.0 Å². The van der Waals surface area contributed by atoms with Gasteiger partial charge in [0.1, 0.15) is 0 Å². The van der Waals surface area contributed by atoms with Crippen LogP contribution in [0.5, 0.6) is 0 Å². The lowest BCUT2D eigenvalue weighted by molar-refractivity contribution is -0.140. The summed E-state index contributed by atoms with van der Waals surface area (Å²) in [6, 6.07) is -1.90. The molecule has 0 aromatic rings. The Morgan fingerprint density at radius 2 is 2.18 bits per heavy atom. The highest BCUT2D eigenvalue weighted by atomic mass is 16.5. The van der Waals surface area contributed by atoms with Gasteiger partial charge in [-0.15, -0.1) is 0 Å². The Labute approximate surface area is 98.1 Å². The molecule has 4 unspecified atom stereocenters.